The predicted octanol–water partition coefficient (Wildman–Crippen LogP) is 10.1. The molecule has 4 heteroatoms. The minimum absolute atomic E-state index is 0.356. The van der Waals surface area contributed by atoms with E-state index in [0.29, 0.717) is 12.0 Å². The average Bonchev–Trinajstić information content (AvgIpc) is 3.69. The van der Waals surface area contributed by atoms with Crippen molar-refractivity contribution < 1.29 is 9.13 Å². The number of hydrogen-bond donors (Lipinski definition) is 0. The van der Waals surface area contributed by atoms with Crippen LogP contribution in [0.5, 0.6) is 0 Å². The van der Waals surface area contributed by atoms with Crippen molar-refractivity contribution in [2.45, 2.75) is 31.7 Å². The van der Waals surface area contributed by atoms with Crippen molar-refractivity contribution >= 4 is 43.9 Å². The van der Waals surface area contributed by atoms with Gasteiger partial charge < -0.3 is 0 Å². The van der Waals surface area contributed by atoms with Gasteiger partial charge in [0.05, 0.1) is 34.6 Å². The third-order valence-corrected chi connectivity index (χ3v) is 11.4. The van der Waals surface area contributed by atoms with Gasteiger partial charge >= 0.3 is 0 Å². The molecule has 50 heavy (non-hydrogen) atoms. The van der Waals surface area contributed by atoms with Crippen LogP contribution in [0.1, 0.15) is 36.1 Å². The molecule has 1 aliphatic carbocycles. The van der Waals surface area contributed by atoms with Gasteiger partial charge in [-0.1, -0.05) is 66.7 Å². The summed E-state index contributed by atoms with van der Waals surface area (Å²) in [5.41, 5.74) is 14.8. The van der Waals surface area contributed by atoms with Crippen LogP contribution in [-0.4, -0.2) is 9.38 Å². The van der Waals surface area contributed by atoms with Crippen LogP contribution >= 0.6 is 0 Å². The zero-order chi connectivity index (χ0) is 32.9. The highest BCUT2D eigenvalue weighted by Gasteiger charge is 2.44. The number of hydrogen-bond acceptors (Lipinski definition) is 1. The molecule has 2 aliphatic rings. The Hall–Kier alpha value is -6.13. The number of allylic oxidation sites excluding steroid dienone is 2. The van der Waals surface area contributed by atoms with Crippen molar-refractivity contribution in [1.29, 1.82) is 0 Å². The van der Waals surface area contributed by atoms with E-state index in [1.165, 1.54) is 77.5 Å². The van der Waals surface area contributed by atoms with Crippen LogP contribution in [0.25, 0.3) is 77.6 Å². The zero-order valence-corrected chi connectivity index (χ0v) is 27.8. The molecule has 0 fully saturated rings. The number of nitrogens with zero attached hydrogens (tertiary/aromatic N) is 4. The molecule has 236 valence electrons. The number of para-hydroxylation sites is 1. The summed E-state index contributed by atoms with van der Waals surface area (Å²) < 4.78 is 7.34. The van der Waals surface area contributed by atoms with Crippen molar-refractivity contribution in [2.24, 2.45) is 0 Å². The Morgan fingerprint density at radius 1 is 0.640 bits per heavy atom. The van der Waals surface area contributed by atoms with E-state index in [0.717, 1.165) is 24.2 Å². The van der Waals surface area contributed by atoms with Gasteiger partial charge in [-0.05, 0) is 78.6 Å². The van der Waals surface area contributed by atoms with Gasteiger partial charge in [-0.3, -0.25) is 4.40 Å². The third kappa shape index (κ3) is 3.84. The molecule has 0 saturated carbocycles. The SMILES string of the molecule is Cc1nc2c(cc1-c1cccc[n+]1C1=CCC3c4ccccc4-c4cccc[n+]4C3C1)c1cc(-c3ccccc3)cc3c4ccccc4n2c31. The summed E-state index contributed by atoms with van der Waals surface area (Å²) >= 11 is 0. The molecule has 2 unspecified atom stereocenters. The first-order chi connectivity index (χ1) is 24.7. The summed E-state index contributed by atoms with van der Waals surface area (Å²) in [4.78, 5) is 5.43. The average molecular weight is 643 g/mol. The van der Waals surface area contributed by atoms with E-state index in [4.69, 9.17) is 4.98 Å². The van der Waals surface area contributed by atoms with E-state index in [1.54, 1.807) is 0 Å². The largest absolute Gasteiger partial charge is 0.293 e. The Kier molecular flexibility index (Phi) is 5.80. The molecule has 0 saturated heterocycles. The maximum Gasteiger partial charge on any atom is 0.219 e. The lowest BCUT2D eigenvalue weighted by molar-refractivity contribution is -0.720. The van der Waals surface area contributed by atoms with E-state index in [1.807, 2.05) is 0 Å². The number of aryl methyl sites for hydroxylation is 1. The monoisotopic (exact) mass is 642 g/mol. The molecular weight excluding hydrogens is 609 g/mol. The van der Waals surface area contributed by atoms with E-state index in [-0.39, 0.29) is 0 Å². The highest BCUT2D eigenvalue weighted by molar-refractivity contribution is 6.24. The van der Waals surface area contributed by atoms with Crippen LogP contribution < -0.4 is 9.13 Å². The van der Waals surface area contributed by atoms with Crippen LogP contribution in [0.2, 0.25) is 0 Å². The Balaban J connectivity index is 1.10. The topological polar surface area (TPSA) is 25.1 Å². The molecular formula is C46H34N4+2. The number of rotatable bonds is 3. The van der Waals surface area contributed by atoms with E-state index in [9.17, 15) is 0 Å². The van der Waals surface area contributed by atoms with Gasteiger partial charge in [0.1, 0.15) is 5.65 Å². The highest BCUT2D eigenvalue weighted by Crippen LogP contribution is 2.46. The van der Waals surface area contributed by atoms with Crippen molar-refractivity contribution in [3.8, 4) is 33.6 Å². The fourth-order valence-electron chi connectivity index (χ4n) is 9.16. The lowest BCUT2D eigenvalue weighted by Gasteiger charge is -2.32. The van der Waals surface area contributed by atoms with Crippen LogP contribution in [0.4, 0.5) is 0 Å². The smallest absolute Gasteiger partial charge is 0.219 e. The second-order valence-electron chi connectivity index (χ2n) is 14.0. The molecule has 5 aromatic heterocycles. The van der Waals surface area contributed by atoms with Gasteiger partial charge in [0.15, 0.2) is 24.1 Å². The molecule has 9 aromatic rings. The summed E-state index contributed by atoms with van der Waals surface area (Å²) in [5.74, 6) is 0.454. The molecule has 0 N–H and O–H groups in total. The molecule has 4 aromatic carbocycles. The van der Waals surface area contributed by atoms with Crippen molar-refractivity contribution in [3.05, 3.63) is 163 Å². The second kappa shape index (κ2) is 10.4. The van der Waals surface area contributed by atoms with Crippen molar-refractivity contribution in [3.63, 3.8) is 0 Å². The van der Waals surface area contributed by atoms with Gasteiger partial charge in [0.25, 0.3) is 0 Å². The minimum atomic E-state index is 0.356. The molecule has 0 spiro atoms. The van der Waals surface area contributed by atoms with E-state index >= 15 is 0 Å². The molecule has 11 rings (SSSR count). The molecule has 1 aliphatic heterocycles. The van der Waals surface area contributed by atoms with Gasteiger partial charge in [-0.25, -0.2) is 4.98 Å². The first kappa shape index (κ1) is 27.8. The predicted molar refractivity (Wildman–Crippen MR) is 202 cm³/mol. The normalized spacial score (nSPS) is 16.9. The third-order valence-electron chi connectivity index (χ3n) is 11.4. The lowest BCUT2D eigenvalue weighted by Crippen LogP contribution is -2.50. The summed E-state index contributed by atoms with van der Waals surface area (Å²) in [6.45, 7) is 2.17. The van der Waals surface area contributed by atoms with Gasteiger partial charge in [0, 0.05) is 51.4 Å². The van der Waals surface area contributed by atoms with Gasteiger partial charge in [-0.2, -0.15) is 9.13 Å². The van der Waals surface area contributed by atoms with Crippen LogP contribution in [-0.2, 0) is 0 Å². The number of pyridine rings is 3. The maximum absolute atomic E-state index is 5.43. The maximum atomic E-state index is 5.43. The second-order valence-corrected chi connectivity index (χ2v) is 14.0. The molecule has 2 atom stereocenters. The lowest BCUT2D eigenvalue weighted by atomic mass is 9.76. The van der Waals surface area contributed by atoms with E-state index < -0.39 is 0 Å². The van der Waals surface area contributed by atoms with Crippen LogP contribution in [0.15, 0.2) is 152 Å². The Morgan fingerprint density at radius 3 is 2.28 bits per heavy atom. The highest BCUT2D eigenvalue weighted by atomic mass is 15.1. The Bertz CT molecular complexity index is 2840. The molecule has 0 amide bonds. The van der Waals surface area contributed by atoms with E-state index in [2.05, 4.69) is 172 Å². The summed E-state index contributed by atoms with van der Waals surface area (Å²) in [7, 11) is 0. The molecule has 0 bridgehead atoms. The Labute approximate surface area is 290 Å². The van der Waals surface area contributed by atoms with Gasteiger partial charge in [-0.15, -0.1) is 0 Å². The number of aromatic nitrogens is 4. The first-order valence-corrected chi connectivity index (χ1v) is 17.7. The Morgan fingerprint density at radius 2 is 1.38 bits per heavy atom. The molecule has 0 radical (unpaired) electrons. The first-order valence-electron chi connectivity index (χ1n) is 17.7. The number of fused-ring (bicyclic) bond motifs is 12. The van der Waals surface area contributed by atoms with Crippen molar-refractivity contribution in [1.82, 2.24) is 9.38 Å². The van der Waals surface area contributed by atoms with Gasteiger partial charge in [0.2, 0.25) is 11.4 Å². The summed E-state index contributed by atoms with van der Waals surface area (Å²) in [5, 5.41) is 4.98. The van der Waals surface area contributed by atoms with Crippen LogP contribution in [0.3, 0.4) is 0 Å². The quantitative estimate of drug-likeness (QED) is 0.176. The standard InChI is InChI=1S/C46H34N4/c1-29-37(28-40-39-26-31(30-13-3-2-4-14-30)25-38-35-17-7-8-20-43(35)50(45(38)39)46(40)47-29)42-19-9-11-23-48(42)32-21-22-36-33-15-5-6-16-34(33)41-18-10-12-24-49(41)44(36)27-32/h2-21,23-26,28,36,44H,22,27H2,1H3/q+2. The summed E-state index contributed by atoms with van der Waals surface area (Å²) in [6.07, 6.45) is 8.97. The van der Waals surface area contributed by atoms with Crippen LogP contribution in [0, 0.1) is 6.92 Å². The molecule has 6 heterocycles. The summed E-state index contributed by atoms with van der Waals surface area (Å²) in [6, 6.07) is 49.2. The van der Waals surface area contributed by atoms with Crippen molar-refractivity contribution in [2.75, 3.05) is 0 Å². The number of benzene rings is 4. The zero-order valence-electron chi connectivity index (χ0n) is 27.8. The molecule has 4 nitrogen and oxygen atoms in total. The minimum Gasteiger partial charge on any atom is -0.293 e. The fraction of sp³-hybridized carbons (Fsp3) is 0.109. The fourth-order valence-corrected chi connectivity index (χ4v) is 9.16.